The van der Waals surface area contributed by atoms with E-state index >= 15 is 0 Å². The highest BCUT2D eigenvalue weighted by Gasteiger charge is 2.15. The van der Waals surface area contributed by atoms with Crippen molar-refractivity contribution in [3.8, 4) is 0 Å². The number of carboxylic acid groups (broad SMARTS) is 2. The summed E-state index contributed by atoms with van der Waals surface area (Å²) in [6.07, 6.45) is 3.57. The number of hydrogen-bond acceptors (Lipinski definition) is 5. The molecule has 114 valence electrons. The van der Waals surface area contributed by atoms with Crippen molar-refractivity contribution in [3.05, 3.63) is 18.2 Å². The zero-order valence-electron chi connectivity index (χ0n) is 12.0. The van der Waals surface area contributed by atoms with E-state index in [4.69, 9.17) is 15.0 Å². The molecular weight excluding hydrogens is 266 g/mol. The number of nitrogens with one attached hydrogen (secondary N) is 2. The van der Waals surface area contributed by atoms with Gasteiger partial charge in [-0.25, -0.2) is 4.98 Å². The minimum Gasteiger partial charge on any atom is -0.481 e. The molecule has 0 bridgehead atoms. The summed E-state index contributed by atoms with van der Waals surface area (Å²) in [5.41, 5.74) is 0.816. The Hall–Kier alpha value is -2.22. The average molecular weight is 287 g/mol. The predicted molar refractivity (Wildman–Crippen MR) is 72.4 cm³/mol. The first kappa shape index (κ1) is 20.1. The van der Waals surface area contributed by atoms with Gasteiger partial charge in [-0.05, 0) is 20.9 Å². The van der Waals surface area contributed by atoms with Gasteiger partial charge >= 0.3 is 5.97 Å². The number of ketones is 1. The fourth-order valence-corrected chi connectivity index (χ4v) is 0.929. The molecule has 0 amide bonds. The summed E-state index contributed by atoms with van der Waals surface area (Å²) in [5.74, 6) is -1.52. The molecular formula is C12H21N3O5. The standard InChI is InChI=1S/C7H11N3O2.C3H6O.C2H4O2/c1-8-6(7(11)12)2-5-3-9-4-10-5;1-3(2)4;1-2(3)4/h3-4,6,8H,2H2,1H3,(H,9,10)(H,11,12);1-2H3;1H3,(H,3,4)/t6-;;/m0../s1. The number of aromatic nitrogens is 2. The van der Waals surface area contributed by atoms with Gasteiger partial charge in [0, 0.05) is 25.2 Å². The largest absolute Gasteiger partial charge is 0.481 e. The molecule has 0 radical (unpaired) electrons. The summed E-state index contributed by atoms with van der Waals surface area (Å²) >= 11 is 0. The lowest BCUT2D eigenvalue weighted by Gasteiger charge is -2.08. The molecule has 0 spiro atoms. The smallest absolute Gasteiger partial charge is 0.321 e. The molecule has 0 unspecified atom stereocenters. The van der Waals surface area contributed by atoms with Crippen molar-refractivity contribution in [2.75, 3.05) is 7.05 Å². The molecule has 0 saturated heterocycles. The highest BCUT2D eigenvalue weighted by Crippen LogP contribution is 1.97. The first-order chi connectivity index (χ1) is 9.20. The summed E-state index contributed by atoms with van der Waals surface area (Å²) in [5, 5.41) is 18.8. The number of carbonyl (C=O) groups is 3. The molecule has 1 aromatic heterocycles. The SMILES string of the molecule is CC(=O)O.CC(C)=O.CN[C@@H](Cc1cnc[nH]1)C(=O)O. The normalized spacial score (nSPS) is 10.2. The summed E-state index contributed by atoms with van der Waals surface area (Å²) in [6.45, 7) is 4.14. The molecule has 1 rings (SSSR count). The van der Waals surface area contributed by atoms with E-state index in [0.717, 1.165) is 12.6 Å². The second-order valence-corrected chi connectivity index (χ2v) is 3.89. The number of hydrogen-bond donors (Lipinski definition) is 4. The topological polar surface area (TPSA) is 132 Å². The molecule has 8 heteroatoms. The van der Waals surface area contributed by atoms with E-state index in [2.05, 4.69) is 15.3 Å². The summed E-state index contributed by atoms with van der Waals surface area (Å²) in [7, 11) is 1.62. The van der Waals surface area contributed by atoms with Gasteiger partial charge in [-0.3, -0.25) is 9.59 Å². The number of nitrogens with zero attached hydrogens (tertiary/aromatic N) is 1. The lowest BCUT2D eigenvalue weighted by Crippen LogP contribution is -2.35. The highest BCUT2D eigenvalue weighted by atomic mass is 16.4. The first-order valence-electron chi connectivity index (χ1n) is 5.74. The molecule has 1 aromatic rings. The van der Waals surface area contributed by atoms with Gasteiger partial charge in [-0.1, -0.05) is 0 Å². The zero-order chi connectivity index (χ0) is 16.1. The van der Waals surface area contributed by atoms with Crippen molar-refractivity contribution < 1.29 is 24.6 Å². The van der Waals surface area contributed by atoms with Crippen LogP contribution in [0.2, 0.25) is 0 Å². The molecule has 0 aromatic carbocycles. The van der Waals surface area contributed by atoms with Crippen LogP contribution < -0.4 is 5.32 Å². The van der Waals surface area contributed by atoms with Gasteiger partial charge in [0.05, 0.1) is 6.33 Å². The number of aliphatic carboxylic acids is 2. The van der Waals surface area contributed by atoms with Gasteiger partial charge in [-0.15, -0.1) is 0 Å². The highest BCUT2D eigenvalue weighted by molar-refractivity contribution is 5.73. The third kappa shape index (κ3) is 15.8. The van der Waals surface area contributed by atoms with Crippen LogP contribution in [-0.4, -0.2) is 51.0 Å². The van der Waals surface area contributed by atoms with E-state index in [9.17, 15) is 9.59 Å². The lowest BCUT2D eigenvalue weighted by atomic mass is 10.2. The van der Waals surface area contributed by atoms with Crippen LogP contribution in [0.5, 0.6) is 0 Å². The average Bonchev–Trinajstić information content (AvgIpc) is 2.76. The Morgan fingerprint density at radius 2 is 1.75 bits per heavy atom. The monoisotopic (exact) mass is 287 g/mol. The molecule has 4 N–H and O–H groups in total. The van der Waals surface area contributed by atoms with Crippen LogP contribution in [-0.2, 0) is 20.8 Å². The van der Waals surface area contributed by atoms with Gasteiger partial charge < -0.3 is 25.3 Å². The first-order valence-corrected chi connectivity index (χ1v) is 5.74. The van der Waals surface area contributed by atoms with Gasteiger partial charge in [-0.2, -0.15) is 0 Å². The Balaban J connectivity index is 0. The van der Waals surface area contributed by atoms with Crippen molar-refractivity contribution >= 4 is 17.7 Å². The summed E-state index contributed by atoms with van der Waals surface area (Å²) < 4.78 is 0. The van der Waals surface area contributed by atoms with Crippen LogP contribution in [0, 0.1) is 0 Å². The maximum Gasteiger partial charge on any atom is 0.321 e. The number of carboxylic acids is 2. The van der Waals surface area contributed by atoms with Crippen molar-refractivity contribution in [3.63, 3.8) is 0 Å². The lowest BCUT2D eigenvalue weighted by molar-refractivity contribution is -0.139. The van der Waals surface area contributed by atoms with E-state index in [0.29, 0.717) is 6.42 Å². The number of imidazole rings is 1. The van der Waals surface area contributed by atoms with Crippen molar-refractivity contribution in [2.24, 2.45) is 0 Å². The van der Waals surface area contributed by atoms with Crippen LogP contribution in [0.3, 0.4) is 0 Å². The molecule has 8 nitrogen and oxygen atoms in total. The zero-order valence-corrected chi connectivity index (χ0v) is 12.0. The van der Waals surface area contributed by atoms with Crippen molar-refractivity contribution in [1.29, 1.82) is 0 Å². The Labute approximate surface area is 117 Å². The number of carbonyl (C=O) groups excluding carboxylic acids is 1. The third-order valence-corrected chi connectivity index (χ3v) is 1.63. The van der Waals surface area contributed by atoms with Crippen molar-refractivity contribution in [1.82, 2.24) is 15.3 Å². The number of likely N-dealkylation sites (N-methyl/N-ethyl adjacent to an activating group) is 1. The third-order valence-electron chi connectivity index (χ3n) is 1.63. The van der Waals surface area contributed by atoms with E-state index in [1.807, 2.05) is 0 Å². The molecule has 0 aliphatic rings. The molecule has 1 heterocycles. The predicted octanol–water partition coefficient (Wildman–Crippen LogP) is 0.311. The minimum atomic E-state index is -0.855. The fraction of sp³-hybridized carbons (Fsp3) is 0.500. The van der Waals surface area contributed by atoms with Gasteiger partial charge in [0.15, 0.2) is 0 Å². The molecule has 0 aliphatic heterocycles. The number of aromatic amines is 1. The molecule has 0 fully saturated rings. The minimum absolute atomic E-state index is 0.167. The molecule has 20 heavy (non-hydrogen) atoms. The number of rotatable bonds is 4. The van der Waals surface area contributed by atoms with Gasteiger partial charge in [0.2, 0.25) is 0 Å². The number of H-pyrrole nitrogens is 1. The Morgan fingerprint density at radius 1 is 1.30 bits per heavy atom. The van der Waals surface area contributed by atoms with Crippen LogP contribution in [0.25, 0.3) is 0 Å². The molecule has 0 saturated carbocycles. The van der Waals surface area contributed by atoms with Gasteiger partial charge in [0.1, 0.15) is 11.8 Å². The second-order valence-electron chi connectivity index (χ2n) is 3.89. The maximum absolute atomic E-state index is 10.6. The van der Waals surface area contributed by atoms with Crippen molar-refractivity contribution in [2.45, 2.75) is 33.2 Å². The quantitative estimate of drug-likeness (QED) is 0.626. The van der Waals surface area contributed by atoms with Crippen LogP contribution >= 0.6 is 0 Å². The van der Waals surface area contributed by atoms with Gasteiger partial charge in [0.25, 0.3) is 5.97 Å². The number of Topliss-reactive ketones (excluding diaryl/α,β-unsaturated/α-hetero) is 1. The van der Waals surface area contributed by atoms with Crippen LogP contribution in [0.1, 0.15) is 26.5 Å². The van der Waals surface area contributed by atoms with Crippen LogP contribution in [0.15, 0.2) is 12.5 Å². The molecule has 0 aliphatic carbocycles. The molecule has 1 atom stereocenters. The Bertz CT molecular complexity index is 383. The second kappa shape index (κ2) is 11.8. The maximum atomic E-state index is 10.6. The van der Waals surface area contributed by atoms with Crippen LogP contribution in [0.4, 0.5) is 0 Å². The fourth-order valence-electron chi connectivity index (χ4n) is 0.929. The van der Waals surface area contributed by atoms with E-state index < -0.39 is 18.0 Å². The summed E-state index contributed by atoms with van der Waals surface area (Å²) in [6, 6.07) is -0.551. The van der Waals surface area contributed by atoms with E-state index in [1.165, 1.54) is 20.2 Å². The summed E-state index contributed by atoms with van der Waals surface area (Å²) in [4.78, 5) is 35.6. The van der Waals surface area contributed by atoms with E-state index in [-0.39, 0.29) is 5.78 Å². The Morgan fingerprint density at radius 3 is 2.00 bits per heavy atom. The Kier molecular flexibility index (Phi) is 11.9. The van der Waals surface area contributed by atoms with E-state index in [1.54, 1.807) is 13.2 Å².